The zero-order valence-corrected chi connectivity index (χ0v) is 15.9. The lowest BCUT2D eigenvalue weighted by molar-refractivity contribution is 0.417. The largest absolute Gasteiger partial charge is 0.496 e. The lowest BCUT2D eigenvalue weighted by Crippen LogP contribution is -2.05. The van der Waals surface area contributed by atoms with Gasteiger partial charge in [0.25, 0.3) is 5.56 Å². The van der Waals surface area contributed by atoms with Gasteiger partial charge in [-0.3, -0.25) is 4.79 Å². The first-order valence-electron chi connectivity index (χ1n) is 8.78. The molecule has 0 aliphatic rings. The van der Waals surface area contributed by atoms with Crippen molar-refractivity contribution >= 4 is 32.3 Å². The molecule has 0 amide bonds. The van der Waals surface area contributed by atoms with E-state index in [1.165, 1.54) is 11.3 Å². The van der Waals surface area contributed by atoms with Crippen molar-refractivity contribution in [3.63, 3.8) is 0 Å². The number of aromatic nitrogens is 1. The predicted molar refractivity (Wildman–Crippen MR) is 111 cm³/mol. The number of hydrogen-bond donors (Lipinski definition) is 1. The number of nitriles is 1. The summed E-state index contributed by atoms with van der Waals surface area (Å²) in [6.45, 7) is 2.01. The summed E-state index contributed by atoms with van der Waals surface area (Å²) < 4.78 is 6.35. The van der Waals surface area contributed by atoms with E-state index in [0.717, 1.165) is 45.1 Å². The summed E-state index contributed by atoms with van der Waals surface area (Å²) in [5.74, 6) is 0.649. The zero-order valence-electron chi connectivity index (χ0n) is 15.1. The number of pyridine rings is 1. The molecule has 2 aromatic carbocycles. The highest BCUT2D eigenvalue weighted by Gasteiger charge is 2.17. The Morgan fingerprint density at radius 3 is 2.63 bits per heavy atom. The van der Waals surface area contributed by atoms with E-state index in [2.05, 4.69) is 11.1 Å². The molecular formula is C22H18N2O2S. The van der Waals surface area contributed by atoms with Gasteiger partial charge in [0, 0.05) is 21.9 Å². The molecule has 0 aliphatic heterocycles. The van der Waals surface area contributed by atoms with Crippen molar-refractivity contribution in [3.8, 4) is 22.9 Å². The minimum absolute atomic E-state index is 0.0706. The van der Waals surface area contributed by atoms with Crippen LogP contribution < -0.4 is 10.3 Å². The van der Waals surface area contributed by atoms with Crippen LogP contribution >= 0.6 is 11.3 Å². The minimum atomic E-state index is -0.103. The number of aromatic amines is 1. The fourth-order valence-corrected chi connectivity index (χ4v) is 4.36. The fourth-order valence-electron chi connectivity index (χ4n) is 3.57. The summed E-state index contributed by atoms with van der Waals surface area (Å²) in [4.78, 5) is 15.3. The second-order valence-electron chi connectivity index (χ2n) is 6.39. The van der Waals surface area contributed by atoms with E-state index in [0.29, 0.717) is 4.70 Å². The Kier molecular flexibility index (Phi) is 4.43. The smallest absolute Gasteiger partial charge is 0.266 e. The predicted octanol–water partition coefficient (Wildman–Crippen LogP) is 5.44. The number of nitrogens with zero attached hydrogens (tertiary/aromatic N) is 1. The number of H-pyrrole nitrogens is 1. The quantitative estimate of drug-likeness (QED) is 0.517. The fraction of sp³-hybridized carbons (Fsp3) is 0.182. The SMILES string of the molecule is CCC(C#N)c1ccc(-c2c(OC)ccc3[nH]c(=O)c4sccc4c23)cc1. The summed E-state index contributed by atoms with van der Waals surface area (Å²) in [6.07, 6.45) is 0.782. The maximum absolute atomic E-state index is 12.3. The van der Waals surface area contributed by atoms with Gasteiger partial charge in [-0.25, -0.2) is 0 Å². The third kappa shape index (κ3) is 2.79. The van der Waals surface area contributed by atoms with Crippen LogP contribution in [0.4, 0.5) is 0 Å². The van der Waals surface area contributed by atoms with E-state index in [1.54, 1.807) is 7.11 Å². The molecule has 134 valence electrons. The highest BCUT2D eigenvalue weighted by Crippen LogP contribution is 2.40. The van der Waals surface area contributed by atoms with Crippen LogP contribution in [0.3, 0.4) is 0 Å². The molecule has 0 saturated heterocycles. The molecule has 5 heteroatoms. The monoisotopic (exact) mass is 374 g/mol. The topological polar surface area (TPSA) is 65.9 Å². The molecule has 1 unspecified atom stereocenters. The second kappa shape index (κ2) is 6.90. The number of hydrogen-bond acceptors (Lipinski definition) is 4. The van der Waals surface area contributed by atoms with Gasteiger partial charge in [0.1, 0.15) is 10.4 Å². The highest BCUT2D eigenvalue weighted by atomic mass is 32.1. The number of ether oxygens (including phenoxy) is 1. The number of nitrogens with one attached hydrogen (secondary N) is 1. The minimum Gasteiger partial charge on any atom is -0.496 e. The van der Waals surface area contributed by atoms with E-state index in [9.17, 15) is 10.1 Å². The molecule has 2 aromatic heterocycles. The number of methoxy groups -OCH3 is 1. The van der Waals surface area contributed by atoms with Crippen molar-refractivity contribution in [3.05, 3.63) is 63.8 Å². The molecule has 4 aromatic rings. The summed E-state index contributed by atoms with van der Waals surface area (Å²) >= 11 is 1.44. The summed E-state index contributed by atoms with van der Waals surface area (Å²) in [5, 5.41) is 13.2. The Bertz CT molecular complexity index is 1230. The Morgan fingerprint density at radius 1 is 1.19 bits per heavy atom. The third-order valence-corrected chi connectivity index (χ3v) is 5.86. The standard InChI is InChI=1S/C22H18N2O2S/c1-3-13(12-23)14-4-6-15(7-5-14)19-18(26-2)9-8-17-20(19)16-10-11-27-21(16)22(25)24-17/h4-11,13H,3H2,1-2H3,(H,24,25). The molecule has 0 aliphatic carbocycles. The molecular weight excluding hydrogens is 356 g/mol. The number of benzene rings is 2. The lowest BCUT2D eigenvalue weighted by atomic mass is 9.93. The lowest BCUT2D eigenvalue weighted by Gasteiger charge is -2.14. The van der Waals surface area contributed by atoms with Crippen molar-refractivity contribution in [2.75, 3.05) is 7.11 Å². The van der Waals surface area contributed by atoms with Gasteiger partial charge in [0.2, 0.25) is 0 Å². The van der Waals surface area contributed by atoms with Crippen LogP contribution in [0.15, 0.2) is 52.6 Å². The zero-order chi connectivity index (χ0) is 19.0. The average Bonchev–Trinajstić information content (AvgIpc) is 3.19. The van der Waals surface area contributed by atoms with Crippen LogP contribution in [0, 0.1) is 11.3 Å². The molecule has 27 heavy (non-hydrogen) atoms. The van der Waals surface area contributed by atoms with E-state index in [-0.39, 0.29) is 11.5 Å². The molecule has 1 atom stereocenters. The van der Waals surface area contributed by atoms with Crippen LogP contribution in [-0.2, 0) is 0 Å². The van der Waals surface area contributed by atoms with Gasteiger partial charge < -0.3 is 9.72 Å². The highest BCUT2D eigenvalue weighted by molar-refractivity contribution is 7.17. The van der Waals surface area contributed by atoms with Gasteiger partial charge >= 0.3 is 0 Å². The van der Waals surface area contributed by atoms with Crippen LogP contribution in [0.25, 0.3) is 32.1 Å². The molecule has 0 saturated carbocycles. The Hall–Kier alpha value is -3.10. The molecule has 4 rings (SSSR count). The molecule has 0 radical (unpaired) electrons. The molecule has 2 heterocycles. The van der Waals surface area contributed by atoms with E-state index in [4.69, 9.17) is 4.74 Å². The van der Waals surface area contributed by atoms with Crippen molar-refractivity contribution in [2.24, 2.45) is 0 Å². The third-order valence-electron chi connectivity index (χ3n) is 4.94. The Balaban J connectivity index is 2.02. The molecule has 0 bridgehead atoms. The van der Waals surface area contributed by atoms with Crippen molar-refractivity contribution < 1.29 is 4.74 Å². The second-order valence-corrected chi connectivity index (χ2v) is 7.31. The molecule has 0 fully saturated rings. The van der Waals surface area contributed by atoms with Crippen molar-refractivity contribution in [1.29, 1.82) is 5.26 Å². The normalized spacial score (nSPS) is 12.2. The van der Waals surface area contributed by atoms with Gasteiger partial charge in [-0.2, -0.15) is 5.26 Å². The molecule has 0 spiro atoms. The first-order valence-corrected chi connectivity index (χ1v) is 9.66. The van der Waals surface area contributed by atoms with E-state index >= 15 is 0 Å². The summed E-state index contributed by atoms with van der Waals surface area (Å²) in [7, 11) is 1.65. The maximum Gasteiger partial charge on any atom is 0.266 e. The van der Waals surface area contributed by atoms with Crippen molar-refractivity contribution in [1.82, 2.24) is 4.98 Å². The van der Waals surface area contributed by atoms with E-state index in [1.807, 2.05) is 54.8 Å². The first kappa shape index (κ1) is 17.3. The summed E-state index contributed by atoms with van der Waals surface area (Å²) in [6, 6.07) is 16.1. The van der Waals surface area contributed by atoms with Crippen LogP contribution in [0.1, 0.15) is 24.8 Å². The van der Waals surface area contributed by atoms with Crippen LogP contribution in [0.2, 0.25) is 0 Å². The Morgan fingerprint density at radius 2 is 1.96 bits per heavy atom. The van der Waals surface area contributed by atoms with Gasteiger partial charge in [-0.05, 0) is 41.1 Å². The van der Waals surface area contributed by atoms with Gasteiger partial charge in [0.05, 0.1) is 19.1 Å². The van der Waals surface area contributed by atoms with Crippen LogP contribution in [-0.4, -0.2) is 12.1 Å². The number of fused-ring (bicyclic) bond motifs is 3. The first-order chi connectivity index (χ1) is 13.2. The molecule has 1 N–H and O–H groups in total. The van der Waals surface area contributed by atoms with Gasteiger partial charge in [-0.1, -0.05) is 31.2 Å². The van der Waals surface area contributed by atoms with Gasteiger partial charge in [-0.15, -0.1) is 11.3 Å². The van der Waals surface area contributed by atoms with Crippen molar-refractivity contribution in [2.45, 2.75) is 19.3 Å². The van der Waals surface area contributed by atoms with Gasteiger partial charge in [0.15, 0.2) is 0 Å². The molecule has 4 nitrogen and oxygen atoms in total. The maximum atomic E-state index is 12.3. The summed E-state index contributed by atoms with van der Waals surface area (Å²) in [5.41, 5.74) is 3.67. The average molecular weight is 374 g/mol. The van der Waals surface area contributed by atoms with E-state index < -0.39 is 0 Å². The number of thiophene rings is 1. The van der Waals surface area contributed by atoms with Crippen LogP contribution in [0.5, 0.6) is 5.75 Å². The Labute approximate surface area is 160 Å². The number of rotatable bonds is 4.